The van der Waals surface area contributed by atoms with Gasteiger partial charge in [-0.25, -0.2) is 8.42 Å². The zero-order chi connectivity index (χ0) is 16.2. The Balaban J connectivity index is 1.65. The van der Waals surface area contributed by atoms with Gasteiger partial charge in [0, 0.05) is 12.0 Å². The first-order valence-electron chi connectivity index (χ1n) is 7.44. The molecule has 2 aromatic rings. The molecular formula is C17H17NO4S. The zero-order valence-electron chi connectivity index (χ0n) is 12.6. The molecule has 2 aromatic carbocycles. The van der Waals surface area contributed by atoms with Crippen molar-refractivity contribution in [1.82, 2.24) is 0 Å². The molecule has 1 heterocycles. The van der Waals surface area contributed by atoms with Crippen molar-refractivity contribution in [3.8, 4) is 11.5 Å². The fraction of sp³-hybridized carbons (Fsp3) is 0.294. The smallest absolute Gasteiger partial charge is 0.231 e. The van der Waals surface area contributed by atoms with E-state index >= 15 is 0 Å². The lowest BCUT2D eigenvalue weighted by Gasteiger charge is -2.05. The lowest BCUT2D eigenvalue weighted by molar-refractivity contribution is 0.174. The van der Waals surface area contributed by atoms with Gasteiger partial charge in [0.25, 0.3) is 0 Å². The molecule has 0 unspecified atom stereocenters. The van der Waals surface area contributed by atoms with Gasteiger partial charge in [-0.05, 0) is 36.8 Å². The Hall–Kier alpha value is -2.05. The summed E-state index contributed by atoms with van der Waals surface area (Å²) in [5.74, 6) is 1.12. The third kappa shape index (κ3) is 2.29. The molecule has 0 amide bonds. The highest BCUT2D eigenvalue weighted by Gasteiger charge is 2.57. The van der Waals surface area contributed by atoms with Gasteiger partial charge in [0.2, 0.25) is 6.79 Å². The number of fused-ring (bicyclic) bond motifs is 1. The largest absolute Gasteiger partial charge is 0.454 e. The molecule has 1 aliphatic heterocycles. The number of ether oxygens (including phenoxy) is 2. The van der Waals surface area contributed by atoms with Crippen LogP contribution < -0.4 is 15.2 Å². The third-order valence-electron chi connectivity index (χ3n) is 4.50. The summed E-state index contributed by atoms with van der Waals surface area (Å²) in [6, 6.07) is 12.0. The van der Waals surface area contributed by atoms with Gasteiger partial charge in [-0.2, -0.15) is 0 Å². The van der Waals surface area contributed by atoms with Crippen LogP contribution in [-0.4, -0.2) is 26.5 Å². The molecule has 120 valence electrons. The van der Waals surface area contributed by atoms with Gasteiger partial charge in [-0.1, -0.05) is 23.8 Å². The monoisotopic (exact) mass is 331 g/mol. The second-order valence-corrected chi connectivity index (χ2v) is 8.14. The van der Waals surface area contributed by atoms with Gasteiger partial charge in [0.1, 0.15) is 0 Å². The summed E-state index contributed by atoms with van der Waals surface area (Å²) in [5, 5.41) is -0.592. The summed E-state index contributed by atoms with van der Waals surface area (Å²) in [4.78, 5) is 0.326. The van der Waals surface area contributed by atoms with Crippen LogP contribution in [-0.2, 0) is 9.84 Å². The molecule has 2 aliphatic rings. The average molecular weight is 331 g/mol. The van der Waals surface area contributed by atoms with E-state index in [4.69, 9.17) is 15.2 Å². The van der Waals surface area contributed by atoms with Crippen LogP contribution in [0.4, 0.5) is 0 Å². The summed E-state index contributed by atoms with van der Waals surface area (Å²) in [7, 11) is -3.44. The van der Waals surface area contributed by atoms with E-state index in [1.807, 2.05) is 19.1 Å². The highest BCUT2D eigenvalue weighted by atomic mass is 32.2. The third-order valence-corrected chi connectivity index (χ3v) is 6.75. The second-order valence-electron chi connectivity index (χ2n) is 6.04. The molecule has 1 saturated carbocycles. The molecule has 23 heavy (non-hydrogen) atoms. The van der Waals surface area contributed by atoms with Crippen molar-refractivity contribution in [3.05, 3.63) is 53.6 Å². The second kappa shape index (κ2) is 4.97. The van der Waals surface area contributed by atoms with E-state index in [0.717, 1.165) is 11.1 Å². The van der Waals surface area contributed by atoms with Gasteiger partial charge in [-0.3, -0.25) is 0 Å². The molecule has 1 aliphatic carbocycles. The number of hydrogen-bond acceptors (Lipinski definition) is 5. The normalized spacial score (nSPS) is 25.4. The van der Waals surface area contributed by atoms with Crippen LogP contribution in [0.2, 0.25) is 0 Å². The van der Waals surface area contributed by atoms with Crippen LogP contribution in [0.5, 0.6) is 11.5 Å². The van der Waals surface area contributed by atoms with E-state index in [9.17, 15) is 8.42 Å². The van der Waals surface area contributed by atoms with E-state index in [0.29, 0.717) is 16.4 Å². The summed E-state index contributed by atoms with van der Waals surface area (Å²) in [6.07, 6.45) is 0. The first-order chi connectivity index (χ1) is 11.0. The molecule has 2 N–H and O–H groups in total. The van der Waals surface area contributed by atoms with Crippen LogP contribution in [0.3, 0.4) is 0 Å². The Morgan fingerprint density at radius 3 is 2.48 bits per heavy atom. The van der Waals surface area contributed by atoms with Gasteiger partial charge in [0.15, 0.2) is 21.3 Å². The van der Waals surface area contributed by atoms with Gasteiger partial charge >= 0.3 is 0 Å². The number of sulfone groups is 1. The highest BCUT2D eigenvalue weighted by molar-refractivity contribution is 7.92. The maximum absolute atomic E-state index is 12.8. The van der Waals surface area contributed by atoms with E-state index in [2.05, 4.69) is 0 Å². The van der Waals surface area contributed by atoms with Crippen molar-refractivity contribution in [2.45, 2.75) is 29.0 Å². The highest BCUT2D eigenvalue weighted by Crippen LogP contribution is 2.49. The van der Waals surface area contributed by atoms with Crippen molar-refractivity contribution in [2.24, 2.45) is 5.73 Å². The van der Waals surface area contributed by atoms with Gasteiger partial charge < -0.3 is 15.2 Å². The predicted molar refractivity (Wildman–Crippen MR) is 85.4 cm³/mol. The fourth-order valence-electron chi connectivity index (χ4n) is 3.12. The van der Waals surface area contributed by atoms with Crippen molar-refractivity contribution >= 4 is 9.84 Å². The summed E-state index contributed by atoms with van der Waals surface area (Å²) in [6.45, 7) is 2.12. The number of nitrogens with two attached hydrogens (primary N) is 1. The van der Waals surface area contributed by atoms with E-state index in [1.165, 1.54) is 0 Å². The van der Waals surface area contributed by atoms with Crippen LogP contribution in [0.25, 0.3) is 0 Å². The predicted octanol–water partition coefficient (Wildman–Crippen LogP) is 1.99. The molecular weight excluding hydrogens is 314 g/mol. The first kappa shape index (κ1) is 14.5. The zero-order valence-corrected chi connectivity index (χ0v) is 13.4. The topological polar surface area (TPSA) is 78.6 Å². The van der Waals surface area contributed by atoms with Crippen molar-refractivity contribution in [2.75, 3.05) is 6.79 Å². The summed E-state index contributed by atoms with van der Waals surface area (Å²) in [5.41, 5.74) is 7.99. The first-order valence-corrected chi connectivity index (χ1v) is 8.99. The molecule has 1 fully saturated rings. The van der Waals surface area contributed by atoms with E-state index in [-0.39, 0.29) is 12.7 Å². The van der Waals surface area contributed by atoms with Crippen LogP contribution in [0, 0.1) is 6.92 Å². The number of benzene rings is 2. The summed E-state index contributed by atoms with van der Waals surface area (Å²) >= 11 is 0. The van der Waals surface area contributed by atoms with Gasteiger partial charge in [-0.15, -0.1) is 0 Å². The maximum Gasteiger partial charge on any atom is 0.231 e. The Bertz CT molecular complexity index is 861. The number of rotatable bonds is 3. The molecule has 0 saturated heterocycles. The quantitative estimate of drug-likeness (QED) is 0.930. The lowest BCUT2D eigenvalue weighted by Crippen LogP contribution is -2.15. The SMILES string of the molecule is Cc1ccc(S(=O)(=O)[C@H]2[C@@H](N)[C@@H]2c2ccc3c(c2)OCO3)cc1. The molecule has 0 aromatic heterocycles. The van der Waals surface area contributed by atoms with Crippen molar-refractivity contribution < 1.29 is 17.9 Å². The molecule has 0 spiro atoms. The molecule has 4 rings (SSSR count). The van der Waals surface area contributed by atoms with Crippen LogP contribution in [0.1, 0.15) is 17.0 Å². The number of hydrogen-bond donors (Lipinski definition) is 1. The standard InChI is InChI=1S/C17H17NO4S/c1-10-2-5-12(6-3-10)23(19,20)17-15(16(17)18)11-4-7-13-14(8-11)22-9-21-13/h2-8,15-17H,9,18H2,1H3/t15-,16-,17+/m0/s1. The fourth-order valence-corrected chi connectivity index (χ4v) is 5.17. The van der Waals surface area contributed by atoms with Crippen molar-refractivity contribution in [3.63, 3.8) is 0 Å². The van der Waals surface area contributed by atoms with Gasteiger partial charge in [0.05, 0.1) is 10.1 Å². The molecule has 0 bridgehead atoms. The van der Waals surface area contributed by atoms with Crippen LogP contribution >= 0.6 is 0 Å². The Morgan fingerprint density at radius 1 is 1.04 bits per heavy atom. The maximum atomic E-state index is 12.8. The molecule has 0 radical (unpaired) electrons. The summed E-state index contributed by atoms with van der Waals surface area (Å²) < 4.78 is 36.2. The van der Waals surface area contributed by atoms with Crippen LogP contribution in [0.15, 0.2) is 47.4 Å². The molecule has 3 atom stereocenters. The Labute approximate surface area is 134 Å². The molecule has 6 heteroatoms. The van der Waals surface area contributed by atoms with E-state index in [1.54, 1.807) is 30.3 Å². The lowest BCUT2D eigenvalue weighted by atomic mass is 10.1. The molecule has 5 nitrogen and oxygen atoms in total. The minimum absolute atomic E-state index is 0.195. The number of aryl methyl sites for hydroxylation is 1. The van der Waals surface area contributed by atoms with E-state index < -0.39 is 21.1 Å². The minimum atomic E-state index is -3.44. The average Bonchev–Trinajstić information content (AvgIpc) is 3.01. The van der Waals surface area contributed by atoms with Crippen molar-refractivity contribution in [1.29, 1.82) is 0 Å². The Morgan fingerprint density at radius 2 is 1.74 bits per heavy atom. The minimum Gasteiger partial charge on any atom is -0.454 e. The Kier molecular flexibility index (Phi) is 3.14.